The number of hydrogen-bond donors (Lipinski definition) is 0. The molecule has 1 amide bonds. The molecule has 3 rings (SSSR count). The summed E-state index contributed by atoms with van der Waals surface area (Å²) in [6.07, 6.45) is 4.68. The topological polar surface area (TPSA) is 40.6 Å². The summed E-state index contributed by atoms with van der Waals surface area (Å²) in [6, 6.07) is 6.25. The Balaban J connectivity index is 1.54. The van der Waals surface area contributed by atoms with E-state index in [-0.39, 0.29) is 30.3 Å². The first-order valence-electron chi connectivity index (χ1n) is 9.40. The summed E-state index contributed by atoms with van der Waals surface area (Å²) in [5.74, 6) is -0.344. The van der Waals surface area contributed by atoms with Crippen molar-refractivity contribution in [3.63, 3.8) is 0 Å². The van der Waals surface area contributed by atoms with Crippen molar-refractivity contribution < 1.29 is 14.0 Å². The molecule has 1 aromatic carbocycles. The number of carbonyl (C=O) groups is 2. The van der Waals surface area contributed by atoms with Crippen LogP contribution in [0.5, 0.6) is 0 Å². The van der Waals surface area contributed by atoms with Crippen LogP contribution in [0.1, 0.15) is 55.8 Å². The van der Waals surface area contributed by atoms with Crippen molar-refractivity contribution in [1.29, 1.82) is 0 Å². The first kappa shape index (κ1) is 18.1. The molecule has 5 heteroatoms. The number of piperidine rings is 1. The summed E-state index contributed by atoms with van der Waals surface area (Å²) in [6.45, 7) is 5.33. The van der Waals surface area contributed by atoms with Crippen molar-refractivity contribution in [2.75, 3.05) is 19.6 Å². The average Bonchev–Trinajstić information content (AvgIpc) is 3.46. The van der Waals surface area contributed by atoms with Gasteiger partial charge in [-0.2, -0.15) is 0 Å². The molecule has 0 aromatic heterocycles. The summed E-state index contributed by atoms with van der Waals surface area (Å²) in [5.41, 5.74) is 0.475. The van der Waals surface area contributed by atoms with Gasteiger partial charge in [0.1, 0.15) is 5.82 Å². The Bertz CT molecular complexity index is 605. The van der Waals surface area contributed by atoms with Gasteiger partial charge in [0.15, 0.2) is 5.78 Å². The molecular formula is C20H27FN2O2. The molecule has 1 saturated carbocycles. The van der Waals surface area contributed by atoms with E-state index in [2.05, 4.69) is 16.7 Å². The fourth-order valence-electron chi connectivity index (χ4n) is 3.70. The summed E-state index contributed by atoms with van der Waals surface area (Å²) < 4.78 is 12.9. The summed E-state index contributed by atoms with van der Waals surface area (Å²) in [5, 5.41) is 0. The maximum atomic E-state index is 12.9. The lowest BCUT2D eigenvalue weighted by molar-refractivity contribution is -0.135. The fourth-order valence-corrected chi connectivity index (χ4v) is 3.70. The van der Waals surface area contributed by atoms with E-state index in [1.807, 2.05) is 0 Å². The van der Waals surface area contributed by atoms with Gasteiger partial charge in [0, 0.05) is 43.6 Å². The van der Waals surface area contributed by atoms with Crippen molar-refractivity contribution >= 4 is 11.7 Å². The first-order valence-corrected chi connectivity index (χ1v) is 9.40. The van der Waals surface area contributed by atoms with Crippen molar-refractivity contribution in [2.24, 2.45) is 0 Å². The van der Waals surface area contributed by atoms with Crippen LogP contribution in [-0.4, -0.2) is 53.2 Å². The molecule has 1 aliphatic heterocycles. The lowest BCUT2D eigenvalue weighted by Gasteiger charge is -2.38. The number of ketones is 1. The number of benzene rings is 1. The molecule has 1 heterocycles. The number of likely N-dealkylation sites (tertiary alicyclic amines) is 1. The van der Waals surface area contributed by atoms with Gasteiger partial charge in [-0.25, -0.2) is 4.39 Å². The monoisotopic (exact) mass is 346 g/mol. The standard InChI is InChI=1S/C20H27FN2O2/c1-2-22-13-11-18(12-14-22)23(17-7-8-17)20(25)10-9-19(24)15-3-5-16(21)6-4-15/h3-6,17-18H,2,7-14H2,1H3. The highest BCUT2D eigenvalue weighted by molar-refractivity contribution is 5.98. The van der Waals surface area contributed by atoms with Crippen molar-refractivity contribution in [3.8, 4) is 0 Å². The van der Waals surface area contributed by atoms with Gasteiger partial charge in [-0.05, 0) is 56.5 Å². The Labute approximate surface area is 149 Å². The van der Waals surface area contributed by atoms with Gasteiger partial charge >= 0.3 is 0 Å². The van der Waals surface area contributed by atoms with E-state index in [1.54, 1.807) is 0 Å². The lowest BCUT2D eigenvalue weighted by atomic mass is 10.0. The number of amides is 1. The van der Waals surface area contributed by atoms with Crippen LogP contribution in [0.2, 0.25) is 0 Å². The van der Waals surface area contributed by atoms with Crippen LogP contribution < -0.4 is 0 Å². The molecule has 2 fully saturated rings. The van der Waals surface area contributed by atoms with Crippen LogP contribution >= 0.6 is 0 Å². The Morgan fingerprint density at radius 2 is 1.64 bits per heavy atom. The minimum absolute atomic E-state index is 0.0927. The number of rotatable bonds is 7. The number of nitrogens with zero attached hydrogens (tertiary/aromatic N) is 2. The lowest BCUT2D eigenvalue weighted by Crippen LogP contribution is -2.48. The van der Waals surface area contributed by atoms with Gasteiger partial charge < -0.3 is 9.80 Å². The summed E-state index contributed by atoms with van der Waals surface area (Å²) >= 11 is 0. The van der Waals surface area contributed by atoms with Gasteiger partial charge in [0.25, 0.3) is 0 Å². The molecule has 1 aromatic rings. The van der Waals surface area contributed by atoms with E-state index in [0.29, 0.717) is 17.6 Å². The van der Waals surface area contributed by atoms with E-state index in [4.69, 9.17) is 0 Å². The Morgan fingerprint density at radius 1 is 1.04 bits per heavy atom. The third-order valence-corrected chi connectivity index (χ3v) is 5.36. The zero-order chi connectivity index (χ0) is 17.8. The molecule has 0 bridgehead atoms. The van der Waals surface area contributed by atoms with Gasteiger partial charge in [0.05, 0.1) is 0 Å². The van der Waals surface area contributed by atoms with Crippen LogP contribution in [0.4, 0.5) is 4.39 Å². The molecule has 0 atom stereocenters. The Hall–Kier alpha value is -1.75. The van der Waals surface area contributed by atoms with Crippen molar-refractivity contribution in [1.82, 2.24) is 9.80 Å². The van der Waals surface area contributed by atoms with Crippen LogP contribution in [0.15, 0.2) is 24.3 Å². The van der Waals surface area contributed by atoms with E-state index in [0.717, 1.165) is 45.3 Å². The van der Waals surface area contributed by atoms with Crippen LogP contribution in [0.25, 0.3) is 0 Å². The smallest absolute Gasteiger partial charge is 0.223 e. The van der Waals surface area contributed by atoms with Crippen molar-refractivity contribution in [2.45, 2.75) is 57.5 Å². The highest BCUT2D eigenvalue weighted by atomic mass is 19.1. The van der Waals surface area contributed by atoms with Gasteiger partial charge in [0.2, 0.25) is 5.91 Å². The van der Waals surface area contributed by atoms with E-state index in [1.165, 1.54) is 24.3 Å². The molecule has 1 saturated heterocycles. The predicted molar refractivity (Wildman–Crippen MR) is 95.0 cm³/mol. The second-order valence-electron chi connectivity index (χ2n) is 7.13. The zero-order valence-corrected chi connectivity index (χ0v) is 14.9. The van der Waals surface area contributed by atoms with Crippen LogP contribution in [0, 0.1) is 5.82 Å². The normalized spacial score (nSPS) is 19.0. The maximum absolute atomic E-state index is 12.9. The summed E-state index contributed by atoms with van der Waals surface area (Å²) in [7, 11) is 0. The quantitative estimate of drug-likeness (QED) is 0.712. The molecule has 0 radical (unpaired) electrons. The van der Waals surface area contributed by atoms with Crippen LogP contribution in [-0.2, 0) is 4.79 Å². The second-order valence-corrected chi connectivity index (χ2v) is 7.13. The zero-order valence-electron chi connectivity index (χ0n) is 14.9. The highest BCUT2D eigenvalue weighted by Gasteiger charge is 2.38. The number of hydrogen-bond acceptors (Lipinski definition) is 3. The molecular weight excluding hydrogens is 319 g/mol. The average molecular weight is 346 g/mol. The van der Waals surface area contributed by atoms with E-state index in [9.17, 15) is 14.0 Å². The van der Waals surface area contributed by atoms with Crippen molar-refractivity contribution in [3.05, 3.63) is 35.6 Å². The Morgan fingerprint density at radius 3 is 2.20 bits per heavy atom. The fraction of sp³-hybridized carbons (Fsp3) is 0.600. The third kappa shape index (κ3) is 4.66. The SMILES string of the molecule is CCN1CCC(N(C(=O)CCC(=O)c2ccc(F)cc2)C2CC2)CC1. The number of halogens is 1. The van der Waals surface area contributed by atoms with E-state index >= 15 is 0 Å². The molecule has 136 valence electrons. The first-order chi connectivity index (χ1) is 12.1. The number of carbonyl (C=O) groups excluding carboxylic acids is 2. The Kier molecular flexibility index (Phi) is 5.84. The molecule has 1 aliphatic carbocycles. The van der Waals surface area contributed by atoms with E-state index < -0.39 is 0 Å². The minimum atomic E-state index is -0.356. The van der Waals surface area contributed by atoms with Crippen LogP contribution in [0.3, 0.4) is 0 Å². The van der Waals surface area contributed by atoms with Gasteiger partial charge in [-0.3, -0.25) is 9.59 Å². The molecule has 0 N–H and O–H groups in total. The third-order valence-electron chi connectivity index (χ3n) is 5.36. The number of Topliss-reactive ketones (excluding diaryl/α,β-unsaturated/α-hetero) is 1. The van der Waals surface area contributed by atoms with Gasteiger partial charge in [-0.15, -0.1) is 0 Å². The second kappa shape index (κ2) is 8.09. The highest BCUT2D eigenvalue weighted by Crippen LogP contribution is 2.32. The summed E-state index contributed by atoms with van der Waals surface area (Å²) in [4.78, 5) is 29.5. The predicted octanol–water partition coefficient (Wildman–Crippen LogP) is 3.26. The molecule has 2 aliphatic rings. The maximum Gasteiger partial charge on any atom is 0.223 e. The largest absolute Gasteiger partial charge is 0.337 e. The molecule has 4 nitrogen and oxygen atoms in total. The van der Waals surface area contributed by atoms with Gasteiger partial charge in [-0.1, -0.05) is 6.92 Å². The minimum Gasteiger partial charge on any atom is -0.337 e. The molecule has 0 spiro atoms. The molecule has 25 heavy (non-hydrogen) atoms. The molecule has 0 unspecified atom stereocenters.